The summed E-state index contributed by atoms with van der Waals surface area (Å²) in [5.41, 5.74) is 1.08. The fourth-order valence-corrected chi connectivity index (χ4v) is 3.27. The SMILES string of the molecule is O=C(C(=O)N1CCC1C(=O)OCCCc1cccnc1)c1cccs1. The molecule has 0 radical (unpaired) electrons. The first-order valence-corrected chi connectivity index (χ1v) is 8.99. The zero-order valence-electron chi connectivity index (χ0n) is 13.6. The van der Waals surface area contributed by atoms with Crippen LogP contribution in [0.4, 0.5) is 0 Å². The number of esters is 1. The van der Waals surface area contributed by atoms with Gasteiger partial charge in [0, 0.05) is 18.9 Å². The predicted molar refractivity (Wildman–Crippen MR) is 92.3 cm³/mol. The molecule has 0 N–H and O–H groups in total. The molecule has 0 bridgehead atoms. The highest BCUT2D eigenvalue weighted by Crippen LogP contribution is 2.21. The molecule has 1 aliphatic heterocycles. The number of thiophene rings is 1. The van der Waals surface area contributed by atoms with Gasteiger partial charge in [0.2, 0.25) is 0 Å². The summed E-state index contributed by atoms with van der Waals surface area (Å²) < 4.78 is 5.26. The maximum atomic E-state index is 12.2. The predicted octanol–water partition coefficient (Wildman–Crippen LogP) is 2.10. The summed E-state index contributed by atoms with van der Waals surface area (Å²) >= 11 is 1.22. The second kappa shape index (κ2) is 8.02. The third-order valence-electron chi connectivity index (χ3n) is 4.07. The topological polar surface area (TPSA) is 76.6 Å². The van der Waals surface area contributed by atoms with E-state index in [4.69, 9.17) is 4.74 Å². The van der Waals surface area contributed by atoms with E-state index in [0.717, 1.165) is 12.0 Å². The number of aromatic nitrogens is 1. The van der Waals surface area contributed by atoms with Gasteiger partial charge in [0.1, 0.15) is 6.04 Å². The van der Waals surface area contributed by atoms with Crippen LogP contribution in [-0.2, 0) is 20.7 Å². The van der Waals surface area contributed by atoms with Crippen LogP contribution >= 0.6 is 11.3 Å². The summed E-state index contributed by atoms with van der Waals surface area (Å²) in [4.78, 5) is 42.2. The van der Waals surface area contributed by atoms with Crippen LogP contribution in [0, 0.1) is 0 Å². The molecule has 7 heteroatoms. The second-order valence-electron chi connectivity index (χ2n) is 5.74. The first kappa shape index (κ1) is 17.3. The molecule has 1 aliphatic rings. The van der Waals surface area contributed by atoms with Crippen LogP contribution in [0.25, 0.3) is 0 Å². The zero-order chi connectivity index (χ0) is 17.6. The summed E-state index contributed by atoms with van der Waals surface area (Å²) in [6.45, 7) is 0.691. The van der Waals surface area contributed by atoms with E-state index in [1.54, 1.807) is 29.9 Å². The van der Waals surface area contributed by atoms with E-state index in [0.29, 0.717) is 24.3 Å². The Kier molecular flexibility index (Phi) is 5.55. The highest BCUT2D eigenvalue weighted by atomic mass is 32.1. The number of hydrogen-bond donors (Lipinski definition) is 0. The number of likely N-dealkylation sites (tertiary alicyclic amines) is 1. The smallest absolute Gasteiger partial charge is 0.328 e. The Morgan fingerprint density at radius 3 is 2.80 bits per heavy atom. The lowest BCUT2D eigenvalue weighted by Gasteiger charge is -2.38. The molecule has 25 heavy (non-hydrogen) atoms. The molecular weight excluding hydrogens is 340 g/mol. The number of Topliss-reactive ketones (excluding diaryl/α,β-unsaturated/α-hetero) is 1. The second-order valence-corrected chi connectivity index (χ2v) is 6.69. The van der Waals surface area contributed by atoms with Gasteiger partial charge in [-0.2, -0.15) is 0 Å². The third-order valence-corrected chi connectivity index (χ3v) is 4.94. The lowest BCUT2D eigenvalue weighted by molar-refractivity contribution is -0.160. The molecule has 2 aromatic rings. The van der Waals surface area contributed by atoms with E-state index >= 15 is 0 Å². The monoisotopic (exact) mass is 358 g/mol. The molecule has 1 unspecified atom stereocenters. The van der Waals surface area contributed by atoms with Gasteiger partial charge in [-0.3, -0.25) is 14.6 Å². The standard InChI is InChI=1S/C18H18N2O4S/c21-16(15-6-3-11-25-15)17(22)20-9-7-14(20)18(23)24-10-2-5-13-4-1-8-19-12-13/h1,3-4,6,8,11-12,14H,2,5,7,9-10H2. The van der Waals surface area contributed by atoms with Crippen molar-refractivity contribution in [3.05, 3.63) is 52.5 Å². The minimum absolute atomic E-state index is 0.283. The summed E-state index contributed by atoms with van der Waals surface area (Å²) in [6, 6.07) is 6.52. The van der Waals surface area contributed by atoms with Gasteiger partial charge >= 0.3 is 5.97 Å². The number of ether oxygens (including phenoxy) is 1. The first-order valence-electron chi connectivity index (χ1n) is 8.11. The van der Waals surface area contributed by atoms with Crippen molar-refractivity contribution in [2.75, 3.05) is 13.2 Å². The fraction of sp³-hybridized carbons (Fsp3) is 0.333. The molecule has 0 saturated carbocycles. The molecule has 2 aromatic heterocycles. The Bertz CT molecular complexity index is 746. The van der Waals surface area contributed by atoms with Gasteiger partial charge in [0.25, 0.3) is 11.7 Å². The van der Waals surface area contributed by atoms with E-state index in [9.17, 15) is 14.4 Å². The molecule has 0 spiro atoms. The van der Waals surface area contributed by atoms with E-state index in [-0.39, 0.29) is 6.61 Å². The maximum absolute atomic E-state index is 12.2. The van der Waals surface area contributed by atoms with Crippen molar-refractivity contribution < 1.29 is 19.1 Å². The number of aryl methyl sites for hydroxylation is 1. The molecular formula is C18H18N2O4S. The average molecular weight is 358 g/mol. The largest absolute Gasteiger partial charge is 0.464 e. The van der Waals surface area contributed by atoms with Crippen LogP contribution in [0.15, 0.2) is 42.0 Å². The van der Waals surface area contributed by atoms with E-state index in [1.807, 2.05) is 12.1 Å². The fourth-order valence-electron chi connectivity index (χ4n) is 2.61. The van der Waals surface area contributed by atoms with Crippen LogP contribution in [0.1, 0.15) is 28.1 Å². The molecule has 3 rings (SSSR count). The van der Waals surface area contributed by atoms with Crippen molar-refractivity contribution in [1.82, 2.24) is 9.88 Å². The van der Waals surface area contributed by atoms with Crippen LogP contribution < -0.4 is 0 Å². The summed E-state index contributed by atoms with van der Waals surface area (Å²) in [6.07, 6.45) is 5.48. The molecule has 1 saturated heterocycles. The molecule has 0 aromatic carbocycles. The average Bonchev–Trinajstić information content (AvgIpc) is 3.12. The van der Waals surface area contributed by atoms with Gasteiger partial charge in [0.05, 0.1) is 11.5 Å². The summed E-state index contributed by atoms with van der Waals surface area (Å²) in [7, 11) is 0. The van der Waals surface area contributed by atoms with Crippen LogP contribution in [0.3, 0.4) is 0 Å². The quantitative estimate of drug-likeness (QED) is 0.328. The maximum Gasteiger partial charge on any atom is 0.328 e. The first-order chi connectivity index (χ1) is 12.2. The van der Waals surface area contributed by atoms with Crippen LogP contribution in [-0.4, -0.2) is 46.7 Å². The minimum atomic E-state index is -0.644. The Hall–Kier alpha value is -2.54. The van der Waals surface area contributed by atoms with Gasteiger partial charge in [-0.1, -0.05) is 12.1 Å². The highest BCUT2D eigenvalue weighted by Gasteiger charge is 2.41. The normalized spacial score (nSPS) is 16.2. The molecule has 1 fully saturated rings. The minimum Gasteiger partial charge on any atom is -0.464 e. The number of carbonyl (C=O) groups is 3. The van der Waals surface area contributed by atoms with Crippen molar-refractivity contribution in [2.24, 2.45) is 0 Å². The van der Waals surface area contributed by atoms with E-state index < -0.39 is 23.7 Å². The van der Waals surface area contributed by atoms with E-state index in [2.05, 4.69) is 4.98 Å². The van der Waals surface area contributed by atoms with Gasteiger partial charge in [-0.05, 0) is 42.3 Å². The third kappa shape index (κ3) is 4.11. The van der Waals surface area contributed by atoms with Crippen LogP contribution in [0.2, 0.25) is 0 Å². The Morgan fingerprint density at radius 1 is 1.28 bits per heavy atom. The zero-order valence-corrected chi connectivity index (χ0v) is 14.4. The van der Waals surface area contributed by atoms with Gasteiger partial charge in [-0.25, -0.2) is 4.79 Å². The van der Waals surface area contributed by atoms with Crippen molar-refractivity contribution in [3.63, 3.8) is 0 Å². The van der Waals surface area contributed by atoms with Crippen molar-refractivity contribution in [1.29, 1.82) is 0 Å². The number of rotatable bonds is 7. The molecule has 130 valence electrons. The van der Waals surface area contributed by atoms with Crippen molar-refractivity contribution in [2.45, 2.75) is 25.3 Å². The lowest BCUT2D eigenvalue weighted by Crippen LogP contribution is -2.57. The molecule has 0 aliphatic carbocycles. The number of nitrogens with zero attached hydrogens (tertiary/aromatic N) is 2. The van der Waals surface area contributed by atoms with Crippen molar-refractivity contribution >= 4 is 29.0 Å². The Labute approximate surface area is 149 Å². The van der Waals surface area contributed by atoms with Crippen molar-refractivity contribution in [3.8, 4) is 0 Å². The molecule has 1 atom stereocenters. The number of amides is 1. The molecule has 1 amide bonds. The van der Waals surface area contributed by atoms with E-state index in [1.165, 1.54) is 16.2 Å². The number of ketones is 1. The summed E-state index contributed by atoms with van der Waals surface area (Å²) in [5, 5.41) is 1.74. The van der Waals surface area contributed by atoms with Gasteiger partial charge < -0.3 is 9.64 Å². The Morgan fingerprint density at radius 2 is 2.16 bits per heavy atom. The molecule has 6 nitrogen and oxygen atoms in total. The number of hydrogen-bond acceptors (Lipinski definition) is 6. The Balaban J connectivity index is 1.44. The lowest BCUT2D eigenvalue weighted by atomic mass is 10.0. The van der Waals surface area contributed by atoms with Crippen LogP contribution in [0.5, 0.6) is 0 Å². The number of carbonyl (C=O) groups excluding carboxylic acids is 3. The summed E-state index contributed by atoms with van der Waals surface area (Å²) in [5.74, 6) is -1.64. The van der Waals surface area contributed by atoms with Gasteiger partial charge in [-0.15, -0.1) is 11.3 Å². The van der Waals surface area contributed by atoms with Gasteiger partial charge in [0.15, 0.2) is 0 Å². The highest BCUT2D eigenvalue weighted by molar-refractivity contribution is 7.13. The number of pyridine rings is 1. The molecule has 3 heterocycles.